The molecule has 2 aliphatic rings. The van der Waals surface area contributed by atoms with E-state index in [1.54, 1.807) is 6.20 Å². The molecule has 10 nitrogen and oxygen atoms in total. The van der Waals surface area contributed by atoms with Crippen LogP contribution >= 0.6 is 11.8 Å². The van der Waals surface area contributed by atoms with Gasteiger partial charge < -0.3 is 20.0 Å². The van der Waals surface area contributed by atoms with Crippen molar-refractivity contribution in [2.24, 2.45) is 0 Å². The first-order valence-electron chi connectivity index (χ1n) is 14.1. The zero-order valence-corrected chi connectivity index (χ0v) is 24.6. The Hall–Kier alpha value is -5.03. The van der Waals surface area contributed by atoms with E-state index in [4.69, 9.17) is 9.47 Å². The number of carbonyl (C=O) groups excluding carboxylic acids is 3. The molecule has 2 N–H and O–H groups in total. The fourth-order valence-corrected chi connectivity index (χ4v) is 6.59. The summed E-state index contributed by atoms with van der Waals surface area (Å²) < 4.78 is 12.3. The second kappa shape index (κ2) is 12.7. The number of thioether (sulfide) groups is 1. The summed E-state index contributed by atoms with van der Waals surface area (Å²) in [6.07, 6.45) is 1.28. The molecule has 1 fully saturated rings. The molecule has 44 heavy (non-hydrogen) atoms. The van der Waals surface area contributed by atoms with Crippen LogP contribution in [0.4, 0.5) is 5.95 Å². The molecule has 3 heterocycles. The molecule has 1 unspecified atom stereocenters. The van der Waals surface area contributed by atoms with Crippen molar-refractivity contribution in [1.29, 1.82) is 0 Å². The van der Waals surface area contributed by atoms with Gasteiger partial charge in [-0.1, -0.05) is 91.0 Å². The Kier molecular flexibility index (Phi) is 8.38. The van der Waals surface area contributed by atoms with Crippen LogP contribution in [0.2, 0.25) is 0 Å². The maximum atomic E-state index is 13.9. The number of benzene rings is 3. The lowest BCUT2D eigenvalue weighted by molar-refractivity contribution is -0.152. The van der Waals surface area contributed by atoms with Crippen LogP contribution < -0.4 is 5.32 Å². The molecule has 0 saturated carbocycles. The van der Waals surface area contributed by atoms with E-state index in [2.05, 4.69) is 10.3 Å². The number of rotatable bonds is 10. The first-order chi connectivity index (χ1) is 21.4. The zero-order valence-electron chi connectivity index (χ0n) is 23.8. The van der Waals surface area contributed by atoms with Gasteiger partial charge in [0.05, 0.1) is 11.9 Å². The summed E-state index contributed by atoms with van der Waals surface area (Å²) in [5, 5.41) is 13.4. The third-order valence-corrected chi connectivity index (χ3v) is 8.78. The van der Waals surface area contributed by atoms with Crippen LogP contribution in [0.15, 0.2) is 108 Å². The number of nitrogens with one attached hydrogen (secondary N) is 1. The predicted molar refractivity (Wildman–Crippen MR) is 164 cm³/mol. The van der Waals surface area contributed by atoms with Gasteiger partial charge in [-0.15, -0.1) is 11.8 Å². The second-order valence-corrected chi connectivity index (χ2v) is 11.5. The molecule has 0 spiro atoms. The third kappa shape index (κ3) is 5.91. The molecule has 1 aromatic heterocycles. The Labute approximate surface area is 258 Å². The van der Waals surface area contributed by atoms with Gasteiger partial charge in [-0.25, -0.2) is 9.78 Å². The number of hydrogen-bond acceptors (Lipinski definition) is 9. The molecular formula is C33H30N4O6S. The summed E-state index contributed by atoms with van der Waals surface area (Å²) >= 11 is 1.42. The SMILES string of the molecule is CC(=O)OCC1=C(C(=O)OC(c2ccccc2)c2ccccc2)N2C(=O)C(Nc3ncc(Cc4ccccc4)n3O)[C@H]2SC1. The smallest absolute Gasteiger partial charge is 0.356 e. The molecule has 0 radical (unpaired) electrons. The van der Waals surface area contributed by atoms with Crippen molar-refractivity contribution in [3.8, 4) is 0 Å². The number of hydrogen-bond donors (Lipinski definition) is 2. The van der Waals surface area contributed by atoms with Gasteiger partial charge in [0.15, 0.2) is 6.10 Å². The van der Waals surface area contributed by atoms with Crippen LogP contribution in [0.5, 0.6) is 0 Å². The minimum absolute atomic E-state index is 0.0621. The van der Waals surface area contributed by atoms with E-state index < -0.39 is 35.4 Å². The number of imidazole rings is 1. The Morgan fingerprint density at radius 1 is 1.00 bits per heavy atom. The Morgan fingerprint density at radius 2 is 1.61 bits per heavy atom. The molecule has 4 aromatic rings. The van der Waals surface area contributed by atoms with Crippen LogP contribution in [0.1, 0.15) is 35.4 Å². The van der Waals surface area contributed by atoms with Crippen molar-refractivity contribution in [3.05, 3.63) is 131 Å². The van der Waals surface area contributed by atoms with Crippen molar-refractivity contribution in [1.82, 2.24) is 14.6 Å². The number of fused-ring (bicyclic) bond motifs is 1. The van der Waals surface area contributed by atoms with Gasteiger partial charge in [0.25, 0.3) is 5.91 Å². The molecule has 0 aliphatic carbocycles. The summed E-state index contributed by atoms with van der Waals surface area (Å²) in [6, 6.07) is 27.6. The molecule has 2 aliphatic heterocycles. The molecular weight excluding hydrogens is 580 g/mol. The quantitative estimate of drug-likeness (QED) is 0.151. The Morgan fingerprint density at radius 3 is 2.23 bits per heavy atom. The Balaban J connectivity index is 1.25. The Bertz CT molecular complexity index is 1650. The van der Waals surface area contributed by atoms with E-state index in [0.29, 0.717) is 23.4 Å². The number of ether oxygens (including phenoxy) is 2. The van der Waals surface area contributed by atoms with Gasteiger partial charge in [-0.05, 0) is 16.7 Å². The van der Waals surface area contributed by atoms with E-state index in [-0.39, 0.29) is 18.3 Å². The number of anilines is 1. The number of aromatic nitrogens is 2. The lowest BCUT2D eigenvalue weighted by Gasteiger charge is -2.49. The summed E-state index contributed by atoms with van der Waals surface area (Å²) in [5.41, 5.74) is 3.64. The first kappa shape index (κ1) is 29.1. The highest BCUT2D eigenvalue weighted by Gasteiger charge is 2.54. The van der Waals surface area contributed by atoms with Crippen molar-refractivity contribution in [2.75, 3.05) is 17.7 Å². The molecule has 224 valence electrons. The van der Waals surface area contributed by atoms with Crippen molar-refractivity contribution >= 4 is 35.6 Å². The van der Waals surface area contributed by atoms with Crippen LogP contribution in [0.3, 0.4) is 0 Å². The minimum Gasteiger partial charge on any atom is -0.461 e. The van der Waals surface area contributed by atoms with Gasteiger partial charge in [0.2, 0.25) is 5.95 Å². The number of amides is 1. The van der Waals surface area contributed by atoms with Crippen LogP contribution in [-0.2, 0) is 30.3 Å². The fraction of sp³-hybridized carbons (Fsp3) is 0.212. The average Bonchev–Trinajstić information content (AvgIpc) is 3.39. The topological polar surface area (TPSA) is 123 Å². The van der Waals surface area contributed by atoms with Crippen LogP contribution in [0, 0.1) is 0 Å². The van der Waals surface area contributed by atoms with Crippen molar-refractivity contribution in [3.63, 3.8) is 0 Å². The molecule has 2 atom stereocenters. The van der Waals surface area contributed by atoms with Gasteiger partial charge in [-0.3, -0.25) is 14.5 Å². The molecule has 3 aromatic carbocycles. The predicted octanol–water partition coefficient (Wildman–Crippen LogP) is 4.56. The van der Waals surface area contributed by atoms with Crippen molar-refractivity contribution < 1.29 is 29.1 Å². The maximum Gasteiger partial charge on any atom is 0.356 e. The standard InChI is InChI=1S/C33H30N4O6S/c1-21(38)42-19-25-20-44-31-27(35-33-34-18-26(37(33)41)17-22-11-5-2-6-12-22)30(39)36(31)28(25)32(40)43-29(23-13-7-3-8-14-23)24-15-9-4-10-16-24/h2-16,18,27,29,31,41H,17,19-20H2,1H3,(H,34,35)/t27?,31-/m1/s1. The van der Waals surface area contributed by atoms with E-state index in [9.17, 15) is 19.6 Å². The monoisotopic (exact) mass is 610 g/mol. The molecule has 11 heteroatoms. The number of esters is 2. The largest absolute Gasteiger partial charge is 0.461 e. The molecule has 1 amide bonds. The lowest BCUT2D eigenvalue weighted by atomic mass is 10.0. The summed E-state index contributed by atoms with van der Waals surface area (Å²) in [6.45, 7) is 1.14. The third-order valence-electron chi connectivity index (χ3n) is 7.44. The van der Waals surface area contributed by atoms with Gasteiger partial charge in [0, 0.05) is 24.7 Å². The van der Waals surface area contributed by atoms with E-state index in [1.165, 1.54) is 23.6 Å². The van der Waals surface area contributed by atoms with Crippen molar-refractivity contribution in [2.45, 2.75) is 30.9 Å². The van der Waals surface area contributed by atoms with E-state index >= 15 is 0 Å². The van der Waals surface area contributed by atoms with E-state index in [1.807, 2.05) is 91.0 Å². The summed E-state index contributed by atoms with van der Waals surface area (Å²) in [7, 11) is 0. The first-order valence-corrected chi connectivity index (χ1v) is 15.1. The van der Waals surface area contributed by atoms with Gasteiger partial charge >= 0.3 is 11.9 Å². The summed E-state index contributed by atoms with van der Waals surface area (Å²) in [5.74, 6) is -1.13. The lowest BCUT2D eigenvalue weighted by Crippen LogP contribution is -2.68. The minimum atomic E-state index is -0.755. The van der Waals surface area contributed by atoms with Gasteiger partial charge in [-0.2, -0.15) is 4.73 Å². The number of nitrogens with zero attached hydrogens (tertiary/aromatic N) is 3. The number of carbonyl (C=O) groups is 3. The van der Waals surface area contributed by atoms with Crippen LogP contribution in [-0.4, -0.2) is 61.4 Å². The van der Waals surface area contributed by atoms with E-state index in [0.717, 1.165) is 21.4 Å². The highest BCUT2D eigenvalue weighted by Crippen LogP contribution is 2.42. The highest BCUT2D eigenvalue weighted by molar-refractivity contribution is 8.00. The summed E-state index contributed by atoms with van der Waals surface area (Å²) in [4.78, 5) is 44.9. The highest BCUT2D eigenvalue weighted by atomic mass is 32.2. The molecule has 6 rings (SSSR count). The molecule has 1 saturated heterocycles. The zero-order chi connectivity index (χ0) is 30.6. The molecule has 0 bridgehead atoms. The normalized spacial score (nSPS) is 17.6. The van der Waals surface area contributed by atoms with Crippen LogP contribution in [0.25, 0.3) is 0 Å². The average molecular weight is 611 g/mol. The maximum absolute atomic E-state index is 13.9. The second-order valence-electron chi connectivity index (χ2n) is 10.4. The number of β-lactam (4-membered cyclic amide) rings is 1. The fourth-order valence-electron chi connectivity index (χ4n) is 5.26. The van der Waals surface area contributed by atoms with Gasteiger partial charge in [0.1, 0.15) is 23.7 Å².